The highest BCUT2D eigenvalue weighted by atomic mass is 16.4. The number of aliphatic carboxylic acids is 1. The molecule has 2 aromatic rings. The maximum Gasteiger partial charge on any atom is 0.330 e. The third-order valence-corrected chi connectivity index (χ3v) is 4.18. The van der Waals surface area contributed by atoms with Gasteiger partial charge in [0.05, 0.1) is 0 Å². The first-order valence-electron chi connectivity index (χ1n) is 8.42. The van der Waals surface area contributed by atoms with Gasteiger partial charge in [0, 0.05) is 30.0 Å². The SMILES string of the molecule is CCN(CC)c1cccc(C(Nc2ccc(/C(N)=N/O)cc2)C(=O)O)c1. The maximum atomic E-state index is 11.8. The quantitative estimate of drug-likeness (QED) is 0.250. The third-order valence-electron chi connectivity index (χ3n) is 4.18. The Morgan fingerprint density at radius 1 is 1.19 bits per heavy atom. The lowest BCUT2D eigenvalue weighted by Gasteiger charge is -2.23. The van der Waals surface area contributed by atoms with Crippen LogP contribution < -0.4 is 16.0 Å². The Bertz CT molecular complexity index is 771. The number of benzene rings is 2. The summed E-state index contributed by atoms with van der Waals surface area (Å²) in [5, 5.41) is 24.3. The molecule has 0 radical (unpaired) electrons. The van der Waals surface area contributed by atoms with E-state index >= 15 is 0 Å². The number of carbonyl (C=O) groups is 1. The minimum atomic E-state index is -0.970. The minimum Gasteiger partial charge on any atom is -0.479 e. The molecule has 2 rings (SSSR count). The van der Waals surface area contributed by atoms with Crippen LogP contribution in [0.1, 0.15) is 31.0 Å². The fourth-order valence-corrected chi connectivity index (χ4v) is 2.74. The average Bonchev–Trinajstić information content (AvgIpc) is 2.67. The van der Waals surface area contributed by atoms with E-state index in [1.54, 1.807) is 30.3 Å². The van der Waals surface area contributed by atoms with Gasteiger partial charge in [-0.25, -0.2) is 4.79 Å². The Hall–Kier alpha value is -3.22. The summed E-state index contributed by atoms with van der Waals surface area (Å²) < 4.78 is 0. The summed E-state index contributed by atoms with van der Waals surface area (Å²) in [7, 11) is 0. The number of hydrogen-bond donors (Lipinski definition) is 4. The van der Waals surface area contributed by atoms with Crippen molar-refractivity contribution in [2.24, 2.45) is 10.9 Å². The van der Waals surface area contributed by atoms with E-state index < -0.39 is 12.0 Å². The van der Waals surface area contributed by atoms with Gasteiger partial charge in [0.25, 0.3) is 0 Å². The monoisotopic (exact) mass is 356 g/mol. The summed E-state index contributed by atoms with van der Waals surface area (Å²) in [5.41, 5.74) is 8.37. The number of nitrogens with one attached hydrogen (secondary N) is 1. The fraction of sp³-hybridized carbons (Fsp3) is 0.263. The summed E-state index contributed by atoms with van der Waals surface area (Å²) in [6.07, 6.45) is 0. The zero-order valence-corrected chi connectivity index (χ0v) is 14.9. The number of nitrogens with two attached hydrogens (primary N) is 1. The summed E-state index contributed by atoms with van der Waals surface area (Å²) in [6, 6.07) is 13.3. The van der Waals surface area contributed by atoms with Crippen molar-refractivity contribution in [3.8, 4) is 0 Å². The van der Waals surface area contributed by atoms with Gasteiger partial charge in [-0.05, 0) is 55.8 Å². The van der Waals surface area contributed by atoms with Crippen LogP contribution in [0.4, 0.5) is 11.4 Å². The van der Waals surface area contributed by atoms with Crippen molar-refractivity contribution in [2.75, 3.05) is 23.3 Å². The molecular formula is C19H24N4O3. The first-order chi connectivity index (χ1) is 12.5. The average molecular weight is 356 g/mol. The van der Waals surface area contributed by atoms with E-state index in [0.29, 0.717) is 16.8 Å². The van der Waals surface area contributed by atoms with Gasteiger partial charge in [-0.1, -0.05) is 17.3 Å². The molecule has 7 nitrogen and oxygen atoms in total. The van der Waals surface area contributed by atoms with Crippen LogP contribution in [-0.4, -0.2) is 35.2 Å². The van der Waals surface area contributed by atoms with Crippen molar-refractivity contribution >= 4 is 23.2 Å². The highest BCUT2D eigenvalue weighted by Crippen LogP contribution is 2.24. The predicted molar refractivity (Wildman–Crippen MR) is 103 cm³/mol. The summed E-state index contributed by atoms with van der Waals surface area (Å²) in [4.78, 5) is 14.0. The molecule has 0 bridgehead atoms. The Kier molecular flexibility index (Phi) is 6.43. The van der Waals surface area contributed by atoms with Gasteiger partial charge < -0.3 is 26.3 Å². The van der Waals surface area contributed by atoms with Gasteiger partial charge in [-0.15, -0.1) is 0 Å². The largest absolute Gasteiger partial charge is 0.479 e. The minimum absolute atomic E-state index is 0.00161. The number of carboxylic acid groups (broad SMARTS) is 1. The van der Waals surface area contributed by atoms with Crippen molar-refractivity contribution in [1.29, 1.82) is 0 Å². The maximum absolute atomic E-state index is 11.8. The second-order valence-corrected chi connectivity index (χ2v) is 5.75. The van der Waals surface area contributed by atoms with E-state index in [1.807, 2.05) is 18.2 Å². The van der Waals surface area contributed by atoms with Crippen molar-refractivity contribution in [3.63, 3.8) is 0 Å². The topological polar surface area (TPSA) is 111 Å². The van der Waals surface area contributed by atoms with Crippen LogP contribution in [0.25, 0.3) is 0 Å². The normalized spacial score (nSPS) is 12.5. The zero-order chi connectivity index (χ0) is 19.1. The molecule has 0 saturated carbocycles. The van der Waals surface area contributed by atoms with Crippen LogP contribution >= 0.6 is 0 Å². The molecule has 0 aliphatic rings. The van der Waals surface area contributed by atoms with Crippen molar-refractivity contribution < 1.29 is 15.1 Å². The predicted octanol–water partition coefficient (Wildman–Crippen LogP) is 2.87. The molecule has 2 aromatic carbocycles. The van der Waals surface area contributed by atoms with Gasteiger partial charge in [0.15, 0.2) is 11.9 Å². The molecule has 0 heterocycles. The number of amidine groups is 1. The molecular weight excluding hydrogens is 332 g/mol. The number of nitrogens with zero attached hydrogens (tertiary/aromatic N) is 2. The first-order valence-corrected chi connectivity index (χ1v) is 8.42. The lowest BCUT2D eigenvalue weighted by atomic mass is 10.0. The van der Waals surface area contributed by atoms with Gasteiger partial charge in [0.1, 0.15) is 0 Å². The number of hydrogen-bond acceptors (Lipinski definition) is 5. The van der Waals surface area contributed by atoms with E-state index in [0.717, 1.165) is 18.8 Å². The van der Waals surface area contributed by atoms with Crippen LogP contribution in [0.3, 0.4) is 0 Å². The van der Waals surface area contributed by atoms with E-state index in [2.05, 4.69) is 29.2 Å². The molecule has 0 aromatic heterocycles. The molecule has 7 heteroatoms. The molecule has 138 valence electrons. The van der Waals surface area contributed by atoms with E-state index in [4.69, 9.17) is 10.9 Å². The Morgan fingerprint density at radius 3 is 2.38 bits per heavy atom. The summed E-state index contributed by atoms with van der Waals surface area (Å²) >= 11 is 0. The summed E-state index contributed by atoms with van der Waals surface area (Å²) in [5.74, 6) is -0.972. The number of rotatable bonds is 8. The van der Waals surface area contributed by atoms with Gasteiger partial charge >= 0.3 is 5.97 Å². The van der Waals surface area contributed by atoms with Gasteiger partial charge in [0.2, 0.25) is 0 Å². The Balaban J connectivity index is 2.27. The molecule has 0 saturated heterocycles. The van der Waals surface area contributed by atoms with Crippen molar-refractivity contribution in [2.45, 2.75) is 19.9 Å². The van der Waals surface area contributed by atoms with Crippen molar-refractivity contribution in [3.05, 3.63) is 59.7 Å². The fourth-order valence-electron chi connectivity index (χ4n) is 2.74. The van der Waals surface area contributed by atoms with Gasteiger partial charge in [-0.2, -0.15) is 0 Å². The highest BCUT2D eigenvalue weighted by Gasteiger charge is 2.20. The molecule has 5 N–H and O–H groups in total. The molecule has 0 aliphatic heterocycles. The molecule has 0 aliphatic carbocycles. The second-order valence-electron chi connectivity index (χ2n) is 5.75. The molecule has 1 unspecified atom stereocenters. The van der Waals surface area contributed by atoms with Crippen LogP contribution in [-0.2, 0) is 4.79 Å². The van der Waals surface area contributed by atoms with Gasteiger partial charge in [-0.3, -0.25) is 0 Å². The highest BCUT2D eigenvalue weighted by molar-refractivity contribution is 5.97. The van der Waals surface area contributed by atoms with Crippen molar-refractivity contribution in [1.82, 2.24) is 0 Å². The summed E-state index contributed by atoms with van der Waals surface area (Å²) in [6.45, 7) is 5.82. The molecule has 1 atom stereocenters. The van der Waals surface area contributed by atoms with E-state index in [9.17, 15) is 9.90 Å². The molecule has 26 heavy (non-hydrogen) atoms. The van der Waals surface area contributed by atoms with Crippen LogP contribution in [0.2, 0.25) is 0 Å². The third kappa shape index (κ3) is 4.44. The van der Waals surface area contributed by atoms with E-state index in [-0.39, 0.29) is 5.84 Å². The molecule has 0 fully saturated rings. The lowest BCUT2D eigenvalue weighted by molar-refractivity contribution is -0.138. The molecule has 0 amide bonds. The Labute approximate surface area is 152 Å². The van der Waals surface area contributed by atoms with E-state index in [1.165, 1.54) is 0 Å². The van der Waals surface area contributed by atoms with Crippen LogP contribution in [0.5, 0.6) is 0 Å². The Morgan fingerprint density at radius 2 is 1.85 bits per heavy atom. The lowest BCUT2D eigenvalue weighted by Crippen LogP contribution is -2.24. The number of carboxylic acids is 1. The number of oxime groups is 1. The first kappa shape index (κ1) is 19.1. The smallest absolute Gasteiger partial charge is 0.330 e. The van der Waals surface area contributed by atoms with Crippen LogP contribution in [0.15, 0.2) is 53.7 Å². The second kappa shape index (κ2) is 8.75. The zero-order valence-electron chi connectivity index (χ0n) is 14.9. The van der Waals surface area contributed by atoms with Crippen LogP contribution in [0, 0.1) is 0 Å². The molecule has 0 spiro atoms. The number of anilines is 2. The standard InChI is InChI=1S/C19H24N4O3/c1-3-23(4-2)16-7-5-6-14(12-16)17(19(24)25)21-15-10-8-13(9-11-15)18(20)22-26/h5-12,17,21,26H,3-4H2,1-2H3,(H2,20,22)(H,24,25).